The van der Waals surface area contributed by atoms with Gasteiger partial charge in [-0.15, -0.1) is 0 Å². The Labute approximate surface area is 142 Å². The lowest BCUT2D eigenvalue weighted by atomic mass is 9.91. The van der Waals surface area contributed by atoms with E-state index in [0.717, 1.165) is 37.7 Å². The molecule has 6 heteroatoms. The van der Waals surface area contributed by atoms with Gasteiger partial charge in [0.15, 0.2) is 0 Å². The van der Waals surface area contributed by atoms with Crippen LogP contribution in [-0.2, 0) is 14.3 Å². The highest BCUT2D eigenvalue weighted by molar-refractivity contribution is 6.01. The SMILES string of the molecule is CC[C@@](C)(C(=O)Nc1ccc(N2CCOCC2)cc1)N1CCC1=O. The zero-order valence-electron chi connectivity index (χ0n) is 14.4. The van der Waals surface area contributed by atoms with Crippen molar-refractivity contribution >= 4 is 23.2 Å². The number of carbonyl (C=O) groups is 2. The topological polar surface area (TPSA) is 61.9 Å². The van der Waals surface area contributed by atoms with Crippen LogP contribution in [0.4, 0.5) is 11.4 Å². The van der Waals surface area contributed by atoms with Crippen molar-refractivity contribution in [2.45, 2.75) is 32.2 Å². The summed E-state index contributed by atoms with van der Waals surface area (Å²) in [7, 11) is 0. The molecular formula is C18H25N3O3. The first-order chi connectivity index (χ1) is 11.5. The molecule has 1 aromatic rings. The number of morpholine rings is 1. The summed E-state index contributed by atoms with van der Waals surface area (Å²) >= 11 is 0. The number of ether oxygens (including phenoxy) is 1. The second kappa shape index (κ2) is 6.81. The third-order valence-corrected chi connectivity index (χ3v) is 5.13. The van der Waals surface area contributed by atoms with Gasteiger partial charge in [0.1, 0.15) is 5.54 Å². The summed E-state index contributed by atoms with van der Waals surface area (Å²) in [6.07, 6.45) is 1.13. The Balaban J connectivity index is 1.66. The lowest BCUT2D eigenvalue weighted by Gasteiger charge is -2.44. The van der Waals surface area contributed by atoms with E-state index in [2.05, 4.69) is 10.2 Å². The van der Waals surface area contributed by atoms with Crippen LogP contribution in [0.2, 0.25) is 0 Å². The smallest absolute Gasteiger partial charge is 0.250 e. The Kier molecular flexibility index (Phi) is 4.76. The first-order valence-electron chi connectivity index (χ1n) is 8.59. The van der Waals surface area contributed by atoms with Crippen molar-refractivity contribution in [2.75, 3.05) is 43.1 Å². The van der Waals surface area contributed by atoms with Crippen LogP contribution in [0, 0.1) is 0 Å². The van der Waals surface area contributed by atoms with Crippen molar-refractivity contribution in [2.24, 2.45) is 0 Å². The number of nitrogens with zero attached hydrogens (tertiary/aromatic N) is 2. The summed E-state index contributed by atoms with van der Waals surface area (Å²) in [6.45, 7) is 7.70. The number of benzene rings is 1. The third kappa shape index (κ3) is 3.11. The molecule has 2 saturated heterocycles. The van der Waals surface area contributed by atoms with E-state index in [0.29, 0.717) is 19.4 Å². The van der Waals surface area contributed by atoms with E-state index in [1.165, 1.54) is 0 Å². The van der Waals surface area contributed by atoms with E-state index in [1.807, 2.05) is 38.1 Å². The van der Waals surface area contributed by atoms with Crippen molar-refractivity contribution in [1.82, 2.24) is 4.90 Å². The summed E-state index contributed by atoms with van der Waals surface area (Å²) < 4.78 is 5.36. The number of anilines is 2. The maximum Gasteiger partial charge on any atom is 0.250 e. The summed E-state index contributed by atoms with van der Waals surface area (Å²) in [5.41, 5.74) is 1.11. The molecule has 0 bridgehead atoms. The van der Waals surface area contributed by atoms with E-state index in [1.54, 1.807) is 4.90 Å². The van der Waals surface area contributed by atoms with E-state index in [-0.39, 0.29) is 11.8 Å². The van der Waals surface area contributed by atoms with Crippen molar-refractivity contribution in [1.29, 1.82) is 0 Å². The van der Waals surface area contributed by atoms with Crippen molar-refractivity contribution in [3.05, 3.63) is 24.3 Å². The molecule has 0 aliphatic carbocycles. The fraction of sp³-hybridized carbons (Fsp3) is 0.556. The number of rotatable bonds is 5. The normalized spacial score (nSPS) is 20.3. The van der Waals surface area contributed by atoms with Gasteiger partial charge < -0.3 is 19.9 Å². The molecule has 1 atom stereocenters. The minimum atomic E-state index is -0.780. The molecule has 2 aliphatic heterocycles. The van der Waals surface area contributed by atoms with Crippen LogP contribution in [0.5, 0.6) is 0 Å². The van der Waals surface area contributed by atoms with Crippen LogP contribution in [-0.4, -0.2) is 55.1 Å². The number of hydrogen-bond donors (Lipinski definition) is 1. The largest absolute Gasteiger partial charge is 0.378 e. The summed E-state index contributed by atoms with van der Waals surface area (Å²) in [4.78, 5) is 28.4. The molecule has 0 unspecified atom stereocenters. The first-order valence-corrected chi connectivity index (χ1v) is 8.59. The highest BCUT2D eigenvalue weighted by Crippen LogP contribution is 2.28. The number of likely N-dealkylation sites (tertiary alicyclic amines) is 1. The van der Waals surface area contributed by atoms with Gasteiger partial charge in [-0.05, 0) is 37.6 Å². The highest BCUT2D eigenvalue weighted by Gasteiger charge is 2.44. The van der Waals surface area contributed by atoms with Crippen LogP contribution in [0.3, 0.4) is 0 Å². The van der Waals surface area contributed by atoms with Gasteiger partial charge in [0, 0.05) is 37.4 Å². The molecule has 0 spiro atoms. The van der Waals surface area contributed by atoms with Gasteiger partial charge >= 0.3 is 0 Å². The summed E-state index contributed by atoms with van der Waals surface area (Å²) in [5, 5.41) is 2.96. The molecule has 0 aromatic heterocycles. The number of carbonyl (C=O) groups excluding carboxylic acids is 2. The van der Waals surface area contributed by atoms with Gasteiger partial charge in [0.2, 0.25) is 11.8 Å². The predicted octanol–water partition coefficient (Wildman–Crippen LogP) is 1.86. The molecule has 2 fully saturated rings. The van der Waals surface area contributed by atoms with Crippen molar-refractivity contribution in [3.8, 4) is 0 Å². The lowest BCUT2D eigenvalue weighted by molar-refractivity contribution is -0.154. The van der Waals surface area contributed by atoms with Gasteiger partial charge in [0.25, 0.3) is 0 Å². The molecule has 1 N–H and O–H groups in total. The van der Waals surface area contributed by atoms with Gasteiger partial charge in [-0.1, -0.05) is 6.92 Å². The molecule has 2 amide bonds. The molecule has 1 aromatic carbocycles. The Morgan fingerprint density at radius 1 is 1.21 bits per heavy atom. The van der Waals surface area contributed by atoms with E-state index in [9.17, 15) is 9.59 Å². The van der Waals surface area contributed by atoms with Gasteiger partial charge in [0.05, 0.1) is 13.2 Å². The zero-order chi connectivity index (χ0) is 17.2. The van der Waals surface area contributed by atoms with Crippen molar-refractivity contribution < 1.29 is 14.3 Å². The summed E-state index contributed by atoms with van der Waals surface area (Å²) in [5.74, 6) is -0.0747. The Bertz CT molecular complexity index is 610. The van der Waals surface area contributed by atoms with Gasteiger partial charge in [-0.3, -0.25) is 9.59 Å². The molecular weight excluding hydrogens is 306 g/mol. The number of amides is 2. The van der Waals surface area contributed by atoms with E-state index >= 15 is 0 Å². The van der Waals surface area contributed by atoms with E-state index in [4.69, 9.17) is 4.74 Å². The van der Waals surface area contributed by atoms with Gasteiger partial charge in [-0.25, -0.2) is 0 Å². The Morgan fingerprint density at radius 3 is 2.38 bits per heavy atom. The number of hydrogen-bond acceptors (Lipinski definition) is 4. The highest BCUT2D eigenvalue weighted by atomic mass is 16.5. The number of β-lactam (4-membered cyclic amide) rings is 1. The molecule has 6 nitrogen and oxygen atoms in total. The van der Waals surface area contributed by atoms with Crippen LogP contribution in [0.25, 0.3) is 0 Å². The molecule has 0 radical (unpaired) electrons. The van der Waals surface area contributed by atoms with Crippen LogP contribution < -0.4 is 10.2 Å². The molecule has 2 heterocycles. The second-order valence-electron chi connectivity index (χ2n) is 6.52. The zero-order valence-corrected chi connectivity index (χ0v) is 14.4. The van der Waals surface area contributed by atoms with Crippen molar-refractivity contribution in [3.63, 3.8) is 0 Å². The standard InChI is InChI=1S/C18H25N3O3/c1-3-18(2,21-9-8-16(21)22)17(23)19-14-4-6-15(7-5-14)20-10-12-24-13-11-20/h4-7H,3,8-13H2,1-2H3,(H,19,23)/t18-/m0/s1. The maximum absolute atomic E-state index is 12.7. The minimum absolute atomic E-state index is 0.0529. The van der Waals surface area contributed by atoms with Crippen LogP contribution >= 0.6 is 0 Å². The monoisotopic (exact) mass is 331 g/mol. The molecule has 0 saturated carbocycles. The quantitative estimate of drug-likeness (QED) is 0.837. The van der Waals surface area contributed by atoms with Gasteiger partial charge in [-0.2, -0.15) is 0 Å². The minimum Gasteiger partial charge on any atom is -0.378 e. The maximum atomic E-state index is 12.7. The average Bonchev–Trinajstić information content (AvgIpc) is 2.61. The third-order valence-electron chi connectivity index (χ3n) is 5.13. The lowest BCUT2D eigenvalue weighted by Crippen LogP contribution is -2.62. The second-order valence-corrected chi connectivity index (χ2v) is 6.52. The first kappa shape index (κ1) is 16.8. The molecule has 3 rings (SSSR count). The molecule has 2 aliphatic rings. The van der Waals surface area contributed by atoms with E-state index < -0.39 is 5.54 Å². The Morgan fingerprint density at radius 2 is 1.88 bits per heavy atom. The fourth-order valence-electron chi connectivity index (χ4n) is 3.15. The molecule has 24 heavy (non-hydrogen) atoms. The molecule has 130 valence electrons. The fourth-order valence-corrected chi connectivity index (χ4v) is 3.15. The predicted molar refractivity (Wildman–Crippen MR) is 93.1 cm³/mol. The van der Waals surface area contributed by atoms with Crippen LogP contribution in [0.15, 0.2) is 24.3 Å². The van der Waals surface area contributed by atoms with Crippen LogP contribution in [0.1, 0.15) is 26.7 Å². The number of nitrogens with one attached hydrogen (secondary N) is 1. The Hall–Kier alpha value is -2.08. The summed E-state index contributed by atoms with van der Waals surface area (Å²) in [6, 6.07) is 7.85. The average molecular weight is 331 g/mol.